The van der Waals surface area contributed by atoms with Crippen LogP contribution in [-0.2, 0) is 9.53 Å². The third-order valence-electron chi connectivity index (χ3n) is 3.19. The van der Waals surface area contributed by atoms with Crippen molar-refractivity contribution >= 4 is 40.9 Å². The smallest absolute Gasteiger partial charge is 0.318 e. The minimum atomic E-state index is -0.746. The summed E-state index contributed by atoms with van der Waals surface area (Å²) in [6, 6.07) is 7.37. The number of benzene rings is 2. The van der Waals surface area contributed by atoms with Crippen molar-refractivity contribution in [1.29, 1.82) is 0 Å². The molecule has 0 saturated heterocycles. The summed E-state index contributed by atoms with van der Waals surface area (Å²) < 4.78 is 31.9. The topological polar surface area (TPSA) is 55.4 Å². The molecule has 0 aromatic heterocycles. The number of carbonyl (C=O) groups is 2. The van der Waals surface area contributed by atoms with E-state index in [1.165, 1.54) is 31.4 Å². The first kappa shape index (κ1) is 19.2. The second-order valence-electron chi connectivity index (χ2n) is 5.01. The Hall–Kier alpha value is -2.12. The van der Waals surface area contributed by atoms with Gasteiger partial charge in [0.05, 0.1) is 17.8 Å². The van der Waals surface area contributed by atoms with Crippen LogP contribution < -0.4 is 5.32 Å². The largest absolute Gasteiger partial charge is 0.468 e. The van der Waals surface area contributed by atoms with Crippen LogP contribution >= 0.6 is 23.4 Å². The molecule has 1 amide bonds. The standard InChI is InChI=1S/C17H14ClF2NO3S/c1-9(17(23)24-2)25-15-8-14(13(20)7-12(15)18)21-16(22)10-4-3-5-11(19)6-10/h3-9H,1-2H3,(H,21,22). The van der Waals surface area contributed by atoms with Crippen molar-refractivity contribution in [1.82, 2.24) is 0 Å². The van der Waals surface area contributed by atoms with Crippen molar-refractivity contribution < 1.29 is 23.1 Å². The predicted molar refractivity (Wildman–Crippen MR) is 93.1 cm³/mol. The molecule has 2 aromatic carbocycles. The predicted octanol–water partition coefficient (Wildman–Crippen LogP) is 4.52. The van der Waals surface area contributed by atoms with Gasteiger partial charge in [0, 0.05) is 10.5 Å². The fourth-order valence-corrected chi connectivity index (χ4v) is 3.16. The van der Waals surface area contributed by atoms with Crippen LogP contribution in [0.1, 0.15) is 17.3 Å². The highest BCUT2D eigenvalue weighted by atomic mass is 35.5. The molecule has 8 heteroatoms. The maximum Gasteiger partial charge on any atom is 0.318 e. The van der Waals surface area contributed by atoms with Gasteiger partial charge in [-0.15, -0.1) is 11.8 Å². The van der Waals surface area contributed by atoms with Gasteiger partial charge in [0.25, 0.3) is 5.91 Å². The lowest BCUT2D eigenvalue weighted by atomic mass is 10.2. The summed E-state index contributed by atoms with van der Waals surface area (Å²) in [6.07, 6.45) is 0. The third kappa shape index (κ3) is 4.93. The van der Waals surface area contributed by atoms with Crippen LogP contribution in [0, 0.1) is 11.6 Å². The van der Waals surface area contributed by atoms with E-state index in [2.05, 4.69) is 10.1 Å². The summed E-state index contributed by atoms with van der Waals surface area (Å²) in [6.45, 7) is 1.61. The quantitative estimate of drug-likeness (QED) is 0.607. The minimum absolute atomic E-state index is 0.0477. The molecule has 4 nitrogen and oxygen atoms in total. The number of rotatable bonds is 5. The third-order valence-corrected chi connectivity index (χ3v) is 4.76. The number of nitrogens with one attached hydrogen (secondary N) is 1. The molecule has 0 heterocycles. The van der Waals surface area contributed by atoms with Crippen molar-refractivity contribution in [3.05, 3.63) is 58.6 Å². The SMILES string of the molecule is COC(=O)C(C)Sc1cc(NC(=O)c2cccc(F)c2)c(F)cc1Cl. The number of halogens is 3. The van der Waals surface area contributed by atoms with Gasteiger partial charge in [0.1, 0.15) is 16.9 Å². The Morgan fingerprint density at radius 2 is 1.96 bits per heavy atom. The summed E-state index contributed by atoms with van der Waals surface area (Å²) in [4.78, 5) is 24.0. The Morgan fingerprint density at radius 1 is 1.24 bits per heavy atom. The zero-order chi connectivity index (χ0) is 18.6. The van der Waals surface area contributed by atoms with Crippen LogP contribution in [-0.4, -0.2) is 24.2 Å². The first-order valence-electron chi connectivity index (χ1n) is 7.12. The van der Waals surface area contributed by atoms with Gasteiger partial charge in [-0.05, 0) is 37.3 Å². The monoisotopic (exact) mass is 385 g/mol. The van der Waals surface area contributed by atoms with Crippen molar-refractivity contribution in [2.45, 2.75) is 17.1 Å². The van der Waals surface area contributed by atoms with Gasteiger partial charge in [-0.3, -0.25) is 9.59 Å². The molecule has 0 aliphatic heterocycles. The van der Waals surface area contributed by atoms with E-state index in [1.54, 1.807) is 6.92 Å². The van der Waals surface area contributed by atoms with Crippen LogP contribution in [0.4, 0.5) is 14.5 Å². The zero-order valence-corrected chi connectivity index (χ0v) is 14.9. The fourth-order valence-electron chi connectivity index (χ4n) is 1.94. The lowest BCUT2D eigenvalue weighted by Crippen LogP contribution is -2.15. The Labute approximate surface area is 152 Å². The molecule has 0 radical (unpaired) electrons. The number of ether oxygens (including phenoxy) is 1. The van der Waals surface area contributed by atoms with Gasteiger partial charge < -0.3 is 10.1 Å². The summed E-state index contributed by atoms with van der Waals surface area (Å²) in [5, 5.41) is 1.90. The number of esters is 1. The number of amides is 1. The molecule has 0 aliphatic rings. The van der Waals surface area contributed by atoms with E-state index in [-0.39, 0.29) is 16.3 Å². The molecule has 0 aliphatic carbocycles. The maximum absolute atomic E-state index is 14.1. The summed E-state index contributed by atoms with van der Waals surface area (Å²) in [7, 11) is 1.26. The number of hydrogen-bond donors (Lipinski definition) is 1. The van der Waals surface area contributed by atoms with E-state index in [4.69, 9.17) is 11.6 Å². The lowest BCUT2D eigenvalue weighted by Gasteiger charge is -2.13. The highest BCUT2D eigenvalue weighted by Gasteiger charge is 2.19. The summed E-state index contributed by atoms with van der Waals surface area (Å²) in [5.74, 6) is -2.45. The number of anilines is 1. The Balaban J connectivity index is 2.24. The molecule has 1 atom stereocenters. The second kappa shape index (κ2) is 8.31. The molecule has 1 unspecified atom stereocenters. The fraction of sp³-hybridized carbons (Fsp3) is 0.176. The van der Waals surface area contributed by atoms with Gasteiger partial charge in [-0.2, -0.15) is 0 Å². The molecule has 0 saturated carbocycles. The number of methoxy groups -OCH3 is 1. The van der Waals surface area contributed by atoms with Crippen molar-refractivity contribution in [2.24, 2.45) is 0 Å². The normalized spacial score (nSPS) is 11.7. The van der Waals surface area contributed by atoms with E-state index in [0.29, 0.717) is 4.90 Å². The lowest BCUT2D eigenvalue weighted by molar-refractivity contribution is -0.139. The van der Waals surface area contributed by atoms with Crippen LogP contribution in [0.25, 0.3) is 0 Å². The van der Waals surface area contributed by atoms with Crippen LogP contribution in [0.2, 0.25) is 5.02 Å². The van der Waals surface area contributed by atoms with Crippen molar-refractivity contribution in [2.75, 3.05) is 12.4 Å². The van der Waals surface area contributed by atoms with E-state index in [9.17, 15) is 18.4 Å². The van der Waals surface area contributed by atoms with Crippen molar-refractivity contribution in [3.63, 3.8) is 0 Å². The van der Waals surface area contributed by atoms with Gasteiger partial charge in [0.15, 0.2) is 0 Å². The van der Waals surface area contributed by atoms with Gasteiger partial charge in [0.2, 0.25) is 0 Å². The number of thioether (sulfide) groups is 1. The molecule has 132 valence electrons. The second-order valence-corrected chi connectivity index (χ2v) is 6.80. The van der Waals surface area contributed by atoms with Crippen molar-refractivity contribution in [3.8, 4) is 0 Å². The maximum atomic E-state index is 14.1. The minimum Gasteiger partial charge on any atom is -0.468 e. The zero-order valence-electron chi connectivity index (χ0n) is 13.3. The first-order chi connectivity index (χ1) is 11.8. The Bertz CT molecular complexity index is 816. The highest BCUT2D eigenvalue weighted by Crippen LogP contribution is 2.34. The summed E-state index contributed by atoms with van der Waals surface area (Å²) in [5.41, 5.74) is -0.0790. The number of carbonyl (C=O) groups excluding carboxylic acids is 2. The van der Waals surface area contributed by atoms with E-state index < -0.39 is 28.8 Å². The molecule has 0 spiro atoms. The van der Waals surface area contributed by atoms with Crippen LogP contribution in [0.15, 0.2) is 41.3 Å². The van der Waals surface area contributed by atoms with E-state index in [1.807, 2.05) is 0 Å². The van der Waals surface area contributed by atoms with Crippen LogP contribution in [0.3, 0.4) is 0 Å². The van der Waals surface area contributed by atoms with E-state index >= 15 is 0 Å². The van der Waals surface area contributed by atoms with Crippen LogP contribution in [0.5, 0.6) is 0 Å². The Morgan fingerprint density at radius 3 is 2.60 bits per heavy atom. The molecular weight excluding hydrogens is 372 g/mol. The van der Waals surface area contributed by atoms with Gasteiger partial charge in [-0.25, -0.2) is 8.78 Å². The average molecular weight is 386 g/mol. The highest BCUT2D eigenvalue weighted by molar-refractivity contribution is 8.00. The molecule has 2 aromatic rings. The van der Waals surface area contributed by atoms with Gasteiger partial charge >= 0.3 is 5.97 Å². The average Bonchev–Trinajstić information content (AvgIpc) is 2.58. The molecule has 2 rings (SSSR count). The molecular formula is C17H14ClF2NO3S. The molecule has 0 fully saturated rings. The number of hydrogen-bond acceptors (Lipinski definition) is 4. The Kier molecular flexibility index (Phi) is 6.39. The molecule has 1 N–H and O–H groups in total. The summed E-state index contributed by atoms with van der Waals surface area (Å²) >= 11 is 7.06. The van der Waals surface area contributed by atoms with Gasteiger partial charge in [-0.1, -0.05) is 17.7 Å². The first-order valence-corrected chi connectivity index (χ1v) is 8.38. The van der Waals surface area contributed by atoms with E-state index in [0.717, 1.165) is 23.9 Å². The molecule has 0 bridgehead atoms. The molecule has 25 heavy (non-hydrogen) atoms.